The highest BCUT2D eigenvalue weighted by Gasteiger charge is 2.10. The maximum atomic E-state index is 6.03. The molecule has 0 amide bonds. The van der Waals surface area contributed by atoms with Gasteiger partial charge in [0.15, 0.2) is 0 Å². The molecule has 1 heterocycles. The Morgan fingerprint density at radius 3 is 2.52 bits per heavy atom. The van der Waals surface area contributed by atoms with Crippen LogP contribution in [0.25, 0.3) is 10.8 Å². The van der Waals surface area contributed by atoms with Gasteiger partial charge in [-0.1, -0.05) is 30.3 Å². The summed E-state index contributed by atoms with van der Waals surface area (Å²) in [7, 11) is 0. The monoisotopic (exact) mass is 297 g/mol. The van der Waals surface area contributed by atoms with Gasteiger partial charge in [-0.2, -0.15) is 0 Å². The Kier molecular flexibility index (Phi) is 3.80. The van der Waals surface area contributed by atoms with Crippen LogP contribution in [-0.4, -0.2) is 4.98 Å². The topological polar surface area (TPSA) is 22.1 Å². The van der Waals surface area contributed by atoms with Crippen molar-refractivity contribution in [1.82, 2.24) is 4.98 Å². The summed E-state index contributed by atoms with van der Waals surface area (Å²) < 4.78 is 5.97. The molecule has 2 aromatic carbocycles. The second kappa shape index (κ2) is 5.74. The quantitative estimate of drug-likeness (QED) is 0.605. The van der Waals surface area contributed by atoms with Crippen molar-refractivity contribution in [2.24, 2.45) is 0 Å². The molecule has 0 spiro atoms. The summed E-state index contributed by atoms with van der Waals surface area (Å²) in [4.78, 5) is 4.47. The van der Waals surface area contributed by atoms with Crippen molar-refractivity contribution >= 4 is 22.4 Å². The first-order valence-electron chi connectivity index (χ1n) is 6.87. The summed E-state index contributed by atoms with van der Waals surface area (Å²) in [6.45, 7) is 3.98. The van der Waals surface area contributed by atoms with Crippen LogP contribution in [0.2, 0.25) is 0 Å². The SMILES string of the molecule is Cc1cc(C)c(CCl)c(Oc2ccc3ccccc3c2)n1. The lowest BCUT2D eigenvalue weighted by atomic mass is 10.1. The van der Waals surface area contributed by atoms with Crippen molar-refractivity contribution in [1.29, 1.82) is 0 Å². The van der Waals surface area contributed by atoms with Gasteiger partial charge < -0.3 is 4.74 Å². The van der Waals surface area contributed by atoms with E-state index < -0.39 is 0 Å². The normalized spacial score (nSPS) is 10.8. The highest BCUT2D eigenvalue weighted by Crippen LogP contribution is 2.29. The highest BCUT2D eigenvalue weighted by atomic mass is 35.5. The number of aromatic nitrogens is 1. The van der Waals surface area contributed by atoms with Crippen LogP contribution in [0.3, 0.4) is 0 Å². The average Bonchev–Trinajstić information content (AvgIpc) is 2.47. The van der Waals surface area contributed by atoms with Gasteiger partial charge in [0.2, 0.25) is 5.88 Å². The van der Waals surface area contributed by atoms with Gasteiger partial charge in [0, 0.05) is 11.3 Å². The van der Waals surface area contributed by atoms with E-state index in [1.165, 1.54) is 5.39 Å². The van der Waals surface area contributed by atoms with E-state index in [2.05, 4.69) is 17.1 Å². The van der Waals surface area contributed by atoms with E-state index in [1.54, 1.807) is 0 Å². The van der Waals surface area contributed by atoms with E-state index in [0.29, 0.717) is 11.8 Å². The lowest BCUT2D eigenvalue weighted by Gasteiger charge is -2.12. The van der Waals surface area contributed by atoms with Crippen molar-refractivity contribution in [3.8, 4) is 11.6 Å². The number of rotatable bonds is 3. The van der Waals surface area contributed by atoms with Crippen molar-refractivity contribution in [3.63, 3.8) is 0 Å². The number of benzene rings is 2. The summed E-state index contributed by atoms with van der Waals surface area (Å²) in [5.74, 6) is 1.76. The van der Waals surface area contributed by atoms with Crippen LogP contribution >= 0.6 is 11.6 Å². The standard InChI is InChI=1S/C18H16ClNO/c1-12-9-13(2)20-18(17(12)11-19)21-16-8-7-14-5-3-4-6-15(14)10-16/h3-10H,11H2,1-2H3. The van der Waals surface area contributed by atoms with Crippen molar-refractivity contribution in [2.45, 2.75) is 19.7 Å². The zero-order valence-electron chi connectivity index (χ0n) is 12.1. The molecule has 0 aliphatic heterocycles. The van der Waals surface area contributed by atoms with Crippen LogP contribution in [0.5, 0.6) is 11.6 Å². The second-order valence-electron chi connectivity index (χ2n) is 5.11. The predicted octanol–water partition coefficient (Wildman–Crippen LogP) is 5.38. The fourth-order valence-electron chi connectivity index (χ4n) is 2.42. The van der Waals surface area contributed by atoms with Gasteiger partial charge in [-0.05, 0) is 48.4 Å². The number of pyridine rings is 1. The highest BCUT2D eigenvalue weighted by molar-refractivity contribution is 6.17. The molecule has 0 aliphatic rings. The van der Waals surface area contributed by atoms with Crippen LogP contribution in [0, 0.1) is 13.8 Å². The number of alkyl halides is 1. The third-order valence-electron chi connectivity index (χ3n) is 3.51. The molecule has 0 bridgehead atoms. The Labute approximate surface area is 129 Å². The summed E-state index contributed by atoms with van der Waals surface area (Å²) in [6.07, 6.45) is 0. The average molecular weight is 298 g/mol. The van der Waals surface area contributed by atoms with E-state index >= 15 is 0 Å². The Bertz CT molecular complexity index is 798. The van der Waals surface area contributed by atoms with Gasteiger partial charge in [0.05, 0.1) is 5.88 Å². The Morgan fingerprint density at radius 2 is 1.76 bits per heavy atom. The minimum absolute atomic E-state index is 0.391. The van der Waals surface area contributed by atoms with E-state index in [-0.39, 0.29) is 0 Å². The number of hydrogen-bond acceptors (Lipinski definition) is 2. The van der Waals surface area contributed by atoms with Crippen molar-refractivity contribution in [3.05, 3.63) is 65.4 Å². The Hall–Kier alpha value is -2.06. The summed E-state index contributed by atoms with van der Waals surface area (Å²) in [5, 5.41) is 2.34. The number of aryl methyl sites for hydroxylation is 2. The van der Waals surface area contributed by atoms with E-state index in [0.717, 1.165) is 28.0 Å². The smallest absolute Gasteiger partial charge is 0.224 e. The maximum Gasteiger partial charge on any atom is 0.224 e. The minimum Gasteiger partial charge on any atom is -0.439 e. The maximum absolute atomic E-state index is 6.03. The van der Waals surface area contributed by atoms with Crippen LogP contribution in [0.15, 0.2) is 48.5 Å². The third kappa shape index (κ3) is 2.86. The summed E-state index contributed by atoms with van der Waals surface area (Å²) >= 11 is 6.03. The lowest BCUT2D eigenvalue weighted by molar-refractivity contribution is 0.457. The van der Waals surface area contributed by atoms with Gasteiger partial charge in [0.1, 0.15) is 5.75 Å². The van der Waals surface area contributed by atoms with E-state index in [1.807, 2.05) is 50.2 Å². The van der Waals surface area contributed by atoms with Crippen molar-refractivity contribution < 1.29 is 4.74 Å². The zero-order valence-corrected chi connectivity index (χ0v) is 12.8. The van der Waals surface area contributed by atoms with Crippen LogP contribution in [0.4, 0.5) is 0 Å². The van der Waals surface area contributed by atoms with Crippen molar-refractivity contribution in [2.75, 3.05) is 0 Å². The first-order chi connectivity index (χ1) is 10.2. The molecule has 0 N–H and O–H groups in total. The second-order valence-corrected chi connectivity index (χ2v) is 5.38. The van der Waals surface area contributed by atoms with Crippen LogP contribution in [0.1, 0.15) is 16.8 Å². The molecule has 106 valence electrons. The van der Waals surface area contributed by atoms with Crippen LogP contribution < -0.4 is 4.74 Å². The molecule has 3 aromatic rings. The molecule has 2 nitrogen and oxygen atoms in total. The molecule has 1 aromatic heterocycles. The minimum atomic E-state index is 0.391. The number of fused-ring (bicyclic) bond motifs is 1. The summed E-state index contributed by atoms with van der Waals surface area (Å²) in [5.41, 5.74) is 2.97. The predicted molar refractivity (Wildman–Crippen MR) is 87.3 cm³/mol. The molecular weight excluding hydrogens is 282 g/mol. The zero-order chi connectivity index (χ0) is 14.8. The molecular formula is C18H16ClNO. The van der Waals surface area contributed by atoms with Gasteiger partial charge in [-0.15, -0.1) is 11.6 Å². The Morgan fingerprint density at radius 1 is 1.00 bits per heavy atom. The molecule has 3 rings (SSSR count). The number of halogens is 1. The molecule has 0 saturated heterocycles. The molecule has 0 radical (unpaired) electrons. The molecule has 21 heavy (non-hydrogen) atoms. The lowest BCUT2D eigenvalue weighted by Crippen LogP contribution is -1.98. The third-order valence-corrected chi connectivity index (χ3v) is 3.77. The molecule has 0 unspecified atom stereocenters. The molecule has 0 saturated carbocycles. The number of hydrogen-bond donors (Lipinski definition) is 0. The largest absolute Gasteiger partial charge is 0.439 e. The summed E-state index contributed by atoms with van der Waals surface area (Å²) in [6, 6.07) is 16.2. The van der Waals surface area contributed by atoms with Gasteiger partial charge in [0.25, 0.3) is 0 Å². The number of nitrogens with zero attached hydrogens (tertiary/aromatic N) is 1. The fourth-order valence-corrected chi connectivity index (χ4v) is 2.74. The van der Waals surface area contributed by atoms with E-state index in [4.69, 9.17) is 16.3 Å². The van der Waals surface area contributed by atoms with Gasteiger partial charge in [-0.25, -0.2) is 4.98 Å². The van der Waals surface area contributed by atoms with Crippen LogP contribution in [-0.2, 0) is 5.88 Å². The molecule has 0 fully saturated rings. The Balaban J connectivity index is 2.02. The fraction of sp³-hybridized carbons (Fsp3) is 0.167. The van der Waals surface area contributed by atoms with E-state index in [9.17, 15) is 0 Å². The number of ether oxygens (including phenoxy) is 1. The molecule has 0 atom stereocenters. The first kappa shape index (κ1) is 13.9. The van der Waals surface area contributed by atoms with Gasteiger partial charge >= 0.3 is 0 Å². The molecule has 0 aliphatic carbocycles. The first-order valence-corrected chi connectivity index (χ1v) is 7.40. The molecule has 3 heteroatoms. The van der Waals surface area contributed by atoms with Gasteiger partial charge in [-0.3, -0.25) is 0 Å².